The highest BCUT2D eigenvalue weighted by Gasteiger charge is 2.08. The first-order chi connectivity index (χ1) is 7.56. The molecule has 0 aliphatic rings. The van der Waals surface area contributed by atoms with Gasteiger partial charge in [-0.15, -0.1) is 0 Å². The molecule has 0 bridgehead atoms. The standard InChI is InChI=1S/C12H13NO3/c1-8(2)12(16)13-11-4-9(6-14)3-10(5-11)7-15/h3-8H,1-2H3,(H,13,16). The first kappa shape index (κ1) is 12.1. The zero-order valence-corrected chi connectivity index (χ0v) is 9.19. The van der Waals surface area contributed by atoms with Crippen LogP contribution in [0.15, 0.2) is 18.2 Å². The molecule has 0 heterocycles. The Morgan fingerprint density at radius 1 is 1.12 bits per heavy atom. The van der Waals surface area contributed by atoms with Crippen molar-refractivity contribution in [1.82, 2.24) is 0 Å². The summed E-state index contributed by atoms with van der Waals surface area (Å²) >= 11 is 0. The predicted octanol–water partition coefficient (Wildman–Crippen LogP) is 1.91. The van der Waals surface area contributed by atoms with Crippen molar-refractivity contribution in [1.29, 1.82) is 0 Å². The number of hydrogen-bond acceptors (Lipinski definition) is 3. The fraction of sp³-hybridized carbons (Fsp3) is 0.250. The fourth-order valence-electron chi connectivity index (χ4n) is 1.17. The van der Waals surface area contributed by atoms with Crippen LogP contribution < -0.4 is 5.32 Å². The van der Waals surface area contributed by atoms with Gasteiger partial charge in [0.05, 0.1) is 0 Å². The van der Waals surface area contributed by atoms with Crippen LogP contribution in [0.4, 0.5) is 5.69 Å². The van der Waals surface area contributed by atoms with Crippen LogP contribution in [0.1, 0.15) is 34.6 Å². The van der Waals surface area contributed by atoms with Gasteiger partial charge in [-0.1, -0.05) is 13.8 Å². The number of rotatable bonds is 4. The molecule has 4 heteroatoms. The molecule has 0 saturated carbocycles. The van der Waals surface area contributed by atoms with Gasteiger partial charge in [-0.05, 0) is 18.2 Å². The van der Waals surface area contributed by atoms with Gasteiger partial charge < -0.3 is 5.32 Å². The van der Waals surface area contributed by atoms with E-state index in [0.29, 0.717) is 29.4 Å². The van der Waals surface area contributed by atoms with Gasteiger partial charge in [0.25, 0.3) is 0 Å². The third-order valence-corrected chi connectivity index (χ3v) is 2.04. The van der Waals surface area contributed by atoms with E-state index in [2.05, 4.69) is 5.32 Å². The summed E-state index contributed by atoms with van der Waals surface area (Å²) in [7, 11) is 0. The van der Waals surface area contributed by atoms with Gasteiger partial charge in [0.1, 0.15) is 12.6 Å². The van der Waals surface area contributed by atoms with E-state index >= 15 is 0 Å². The lowest BCUT2D eigenvalue weighted by Crippen LogP contribution is -2.17. The molecular formula is C12H13NO3. The van der Waals surface area contributed by atoms with Crippen molar-refractivity contribution in [3.63, 3.8) is 0 Å². The minimum absolute atomic E-state index is 0.153. The zero-order valence-electron chi connectivity index (χ0n) is 9.19. The molecule has 0 aliphatic carbocycles. The van der Waals surface area contributed by atoms with E-state index in [1.54, 1.807) is 13.8 Å². The van der Waals surface area contributed by atoms with E-state index in [9.17, 15) is 14.4 Å². The summed E-state index contributed by atoms with van der Waals surface area (Å²) in [5.74, 6) is -0.306. The minimum Gasteiger partial charge on any atom is -0.326 e. The molecule has 0 aromatic heterocycles. The molecule has 0 fully saturated rings. The summed E-state index contributed by atoms with van der Waals surface area (Å²) in [5, 5.41) is 2.63. The molecule has 0 saturated heterocycles. The van der Waals surface area contributed by atoms with Gasteiger partial charge in [-0.25, -0.2) is 0 Å². The monoisotopic (exact) mass is 219 g/mol. The smallest absolute Gasteiger partial charge is 0.226 e. The molecule has 0 aliphatic heterocycles. The van der Waals surface area contributed by atoms with Crippen molar-refractivity contribution in [2.75, 3.05) is 5.32 Å². The average molecular weight is 219 g/mol. The summed E-state index contributed by atoms with van der Waals surface area (Å²) in [4.78, 5) is 32.7. The summed E-state index contributed by atoms with van der Waals surface area (Å²) in [6, 6.07) is 4.52. The van der Waals surface area contributed by atoms with Crippen molar-refractivity contribution in [3.8, 4) is 0 Å². The van der Waals surface area contributed by atoms with Crippen LogP contribution in [-0.2, 0) is 4.79 Å². The molecule has 1 N–H and O–H groups in total. The van der Waals surface area contributed by atoms with Crippen LogP contribution in [0.3, 0.4) is 0 Å². The number of benzene rings is 1. The van der Waals surface area contributed by atoms with Gasteiger partial charge in [-0.2, -0.15) is 0 Å². The summed E-state index contributed by atoms with van der Waals surface area (Å²) < 4.78 is 0. The molecule has 1 rings (SSSR count). The Kier molecular flexibility index (Phi) is 3.94. The molecule has 1 amide bonds. The number of carbonyl (C=O) groups excluding carboxylic acids is 3. The topological polar surface area (TPSA) is 63.2 Å². The number of anilines is 1. The maximum Gasteiger partial charge on any atom is 0.226 e. The maximum atomic E-state index is 11.4. The maximum absolute atomic E-state index is 11.4. The van der Waals surface area contributed by atoms with Gasteiger partial charge >= 0.3 is 0 Å². The second-order valence-corrected chi connectivity index (χ2v) is 3.77. The number of carbonyl (C=O) groups is 3. The Labute approximate surface area is 93.7 Å². The second kappa shape index (κ2) is 5.21. The average Bonchev–Trinajstić information content (AvgIpc) is 2.28. The summed E-state index contributed by atoms with van der Waals surface area (Å²) in [6.07, 6.45) is 1.27. The SMILES string of the molecule is CC(C)C(=O)Nc1cc(C=O)cc(C=O)c1. The highest BCUT2D eigenvalue weighted by atomic mass is 16.1. The molecule has 0 atom stereocenters. The molecule has 0 unspecified atom stereocenters. The van der Waals surface area contributed by atoms with E-state index in [1.807, 2.05) is 0 Å². The Morgan fingerprint density at radius 2 is 1.62 bits per heavy atom. The van der Waals surface area contributed by atoms with E-state index < -0.39 is 0 Å². The lowest BCUT2D eigenvalue weighted by molar-refractivity contribution is -0.118. The Morgan fingerprint density at radius 3 is 2.00 bits per heavy atom. The predicted molar refractivity (Wildman–Crippen MR) is 60.7 cm³/mol. The van der Waals surface area contributed by atoms with E-state index in [-0.39, 0.29) is 11.8 Å². The molecule has 16 heavy (non-hydrogen) atoms. The number of hydrogen-bond donors (Lipinski definition) is 1. The highest BCUT2D eigenvalue weighted by molar-refractivity contribution is 5.94. The number of nitrogens with one attached hydrogen (secondary N) is 1. The molecule has 0 radical (unpaired) electrons. The molecule has 1 aromatic rings. The molecule has 4 nitrogen and oxygen atoms in total. The van der Waals surface area contributed by atoms with Gasteiger partial charge in [0.15, 0.2) is 0 Å². The van der Waals surface area contributed by atoms with Crippen LogP contribution in [-0.4, -0.2) is 18.5 Å². The van der Waals surface area contributed by atoms with E-state index in [1.165, 1.54) is 18.2 Å². The van der Waals surface area contributed by atoms with E-state index in [4.69, 9.17) is 0 Å². The molecular weight excluding hydrogens is 206 g/mol. The van der Waals surface area contributed by atoms with Crippen LogP contribution in [0.2, 0.25) is 0 Å². The number of aldehydes is 2. The zero-order chi connectivity index (χ0) is 12.1. The summed E-state index contributed by atoms with van der Waals surface area (Å²) in [5.41, 5.74) is 1.19. The van der Waals surface area contributed by atoms with E-state index in [0.717, 1.165) is 0 Å². The van der Waals surface area contributed by atoms with Crippen molar-refractivity contribution >= 4 is 24.2 Å². The molecule has 84 valence electrons. The van der Waals surface area contributed by atoms with Gasteiger partial charge in [-0.3, -0.25) is 14.4 Å². The van der Waals surface area contributed by atoms with Crippen LogP contribution in [0.25, 0.3) is 0 Å². The largest absolute Gasteiger partial charge is 0.326 e. The third-order valence-electron chi connectivity index (χ3n) is 2.04. The third kappa shape index (κ3) is 3.02. The van der Waals surface area contributed by atoms with Crippen LogP contribution >= 0.6 is 0 Å². The Balaban J connectivity index is 2.99. The van der Waals surface area contributed by atoms with Crippen LogP contribution in [0, 0.1) is 5.92 Å². The highest BCUT2D eigenvalue weighted by Crippen LogP contribution is 2.13. The lowest BCUT2D eigenvalue weighted by Gasteiger charge is -2.08. The first-order valence-corrected chi connectivity index (χ1v) is 4.93. The number of amides is 1. The van der Waals surface area contributed by atoms with Crippen molar-refractivity contribution in [2.45, 2.75) is 13.8 Å². The first-order valence-electron chi connectivity index (χ1n) is 4.93. The normalized spacial score (nSPS) is 9.94. The van der Waals surface area contributed by atoms with Gasteiger partial charge in [0.2, 0.25) is 5.91 Å². The van der Waals surface area contributed by atoms with Gasteiger partial charge in [0, 0.05) is 22.7 Å². The Hall–Kier alpha value is -1.97. The van der Waals surface area contributed by atoms with Crippen molar-refractivity contribution < 1.29 is 14.4 Å². The quantitative estimate of drug-likeness (QED) is 0.787. The second-order valence-electron chi connectivity index (χ2n) is 3.77. The van der Waals surface area contributed by atoms with Crippen LogP contribution in [0.5, 0.6) is 0 Å². The fourth-order valence-corrected chi connectivity index (χ4v) is 1.17. The Bertz CT molecular complexity index is 398. The van der Waals surface area contributed by atoms with Crippen molar-refractivity contribution in [2.24, 2.45) is 5.92 Å². The molecule has 0 spiro atoms. The molecule has 1 aromatic carbocycles. The lowest BCUT2D eigenvalue weighted by atomic mass is 10.1. The minimum atomic E-state index is -0.153. The summed E-state index contributed by atoms with van der Waals surface area (Å²) in [6.45, 7) is 3.53. The van der Waals surface area contributed by atoms with Crippen molar-refractivity contribution in [3.05, 3.63) is 29.3 Å².